The molecule has 0 radical (unpaired) electrons. The summed E-state index contributed by atoms with van der Waals surface area (Å²) in [5.41, 5.74) is 0.594. The summed E-state index contributed by atoms with van der Waals surface area (Å²) in [6, 6.07) is 0. The number of anilines is 1. The van der Waals surface area contributed by atoms with Crippen molar-refractivity contribution in [1.82, 2.24) is 15.3 Å². The van der Waals surface area contributed by atoms with Crippen molar-refractivity contribution in [3.63, 3.8) is 0 Å². The second-order valence-electron chi connectivity index (χ2n) is 4.84. The molecule has 1 aromatic rings. The maximum Gasteiger partial charge on any atom is 0.187 e. The predicted molar refractivity (Wildman–Crippen MR) is 63.5 cm³/mol. The first kappa shape index (κ1) is 10.9. The number of piperazine rings is 1. The number of aromatic nitrogens is 2. The lowest BCUT2D eigenvalue weighted by atomic mass is 10.2. The molecule has 1 aliphatic heterocycles. The van der Waals surface area contributed by atoms with E-state index in [1.54, 1.807) is 0 Å². The van der Waals surface area contributed by atoms with Gasteiger partial charge in [-0.05, 0) is 25.2 Å². The van der Waals surface area contributed by atoms with Gasteiger partial charge in [0.1, 0.15) is 6.33 Å². The first-order valence-electron chi connectivity index (χ1n) is 6.29. The Hall–Kier alpha value is -1.23. The molecule has 0 aromatic carbocycles. The van der Waals surface area contributed by atoms with Crippen LogP contribution in [0.3, 0.4) is 0 Å². The van der Waals surface area contributed by atoms with Gasteiger partial charge in [-0.25, -0.2) is 14.4 Å². The minimum atomic E-state index is -0.207. The van der Waals surface area contributed by atoms with Crippen LogP contribution in [0.5, 0.6) is 0 Å². The van der Waals surface area contributed by atoms with E-state index in [1.165, 1.54) is 19.2 Å². The fourth-order valence-corrected chi connectivity index (χ4v) is 2.23. The zero-order valence-electron chi connectivity index (χ0n) is 9.82. The van der Waals surface area contributed by atoms with Crippen molar-refractivity contribution >= 4 is 5.82 Å². The number of nitrogens with one attached hydrogen (secondary N) is 1. The molecule has 17 heavy (non-hydrogen) atoms. The van der Waals surface area contributed by atoms with Gasteiger partial charge in [0, 0.05) is 26.2 Å². The van der Waals surface area contributed by atoms with Crippen molar-refractivity contribution < 1.29 is 4.39 Å². The molecular weight excluding hydrogens is 219 g/mol. The Labute approximate surface area is 100 Å². The maximum absolute atomic E-state index is 14.3. The first-order chi connectivity index (χ1) is 8.34. The molecule has 2 aliphatic rings. The fourth-order valence-electron chi connectivity index (χ4n) is 2.23. The standard InChI is InChI=1S/C12H17FN4/c13-11-10(7-9-1-2-9)15-8-16-12(11)17-5-3-14-4-6-17/h8-9,14H,1-7H2. The molecule has 2 heterocycles. The third kappa shape index (κ3) is 2.39. The highest BCUT2D eigenvalue weighted by molar-refractivity contribution is 5.41. The van der Waals surface area contributed by atoms with E-state index in [4.69, 9.17) is 0 Å². The fraction of sp³-hybridized carbons (Fsp3) is 0.667. The summed E-state index contributed by atoms with van der Waals surface area (Å²) in [5.74, 6) is 0.925. The summed E-state index contributed by atoms with van der Waals surface area (Å²) >= 11 is 0. The van der Waals surface area contributed by atoms with Crippen LogP contribution in [0.2, 0.25) is 0 Å². The smallest absolute Gasteiger partial charge is 0.187 e. The highest BCUT2D eigenvalue weighted by atomic mass is 19.1. The number of rotatable bonds is 3. The highest BCUT2D eigenvalue weighted by Gasteiger charge is 2.26. The summed E-state index contributed by atoms with van der Waals surface area (Å²) in [5, 5.41) is 3.25. The van der Waals surface area contributed by atoms with Gasteiger partial charge in [0.05, 0.1) is 5.69 Å². The van der Waals surface area contributed by atoms with E-state index in [9.17, 15) is 4.39 Å². The van der Waals surface area contributed by atoms with Gasteiger partial charge >= 0.3 is 0 Å². The Kier molecular flexibility index (Phi) is 2.93. The summed E-state index contributed by atoms with van der Waals surface area (Å²) in [6.45, 7) is 3.41. The van der Waals surface area contributed by atoms with Crippen LogP contribution in [0.15, 0.2) is 6.33 Å². The van der Waals surface area contributed by atoms with Gasteiger partial charge in [0.2, 0.25) is 0 Å². The maximum atomic E-state index is 14.3. The van der Waals surface area contributed by atoms with E-state index in [1.807, 2.05) is 4.90 Å². The number of hydrogen-bond acceptors (Lipinski definition) is 4. The third-order valence-electron chi connectivity index (χ3n) is 3.44. The molecule has 0 atom stereocenters. The van der Waals surface area contributed by atoms with Gasteiger partial charge in [-0.15, -0.1) is 0 Å². The lowest BCUT2D eigenvalue weighted by molar-refractivity contribution is 0.543. The van der Waals surface area contributed by atoms with Crippen LogP contribution in [-0.4, -0.2) is 36.1 Å². The van der Waals surface area contributed by atoms with E-state index in [2.05, 4.69) is 15.3 Å². The van der Waals surface area contributed by atoms with Gasteiger partial charge in [0.15, 0.2) is 11.6 Å². The van der Waals surface area contributed by atoms with E-state index in [0.29, 0.717) is 17.4 Å². The Morgan fingerprint density at radius 2 is 2.06 bits per heavy atom. The molecule has 1 aliphatic carbocycles. The lowest BCUT2D eigenvalue weighted by Gasteiger charge is -2.28. The highest BCUT2D eigenvalue weighted by Crippen LogP contribution is 2.33. The summed E-state index contributed by atoms with van der Waals surface area (Å²) in [6.07, 6.45) is 4.70. The Morgan fingerprint density at radius 3 is 2.76 bits per heavy atom. The van der Waals surface area contributed by atoms with E-state index < -0.39 is 0 Å². The van der Waals surface area contributed by atoms with Gasteiger partial charge in [-0.2, -0.15) is 0 Å². The van der Waals surface area contributed by atoms with Gasteiger partial charge in [-0.1, -0.05) is 0 Å². The second kappa shape index (κ2) is 4.56. The van der Waals surface area contributed by atoms with Gasteiger partial charge in [-0.3, -0.25) is 0 Å². The van der Waals surface area contributed by atoms with Crippen LogP contribution in [0.1, 0.15) is 18.5 Å². The van der Waals surface area contributed by atoms with Crippen LogP contribution >= 0.6 is 0 Å². The summed E-state index contributed by atoms with van der Waals surface area (Å²) < 4.78 is 14.3. The molecule has 1 saturated heterocycles. The van der Waals surface area contributed by atoms with Crippen LogP contribution in [-0.2, 0) is 6.42 Å². The molecule has 0 amide bonds. The first-order valence-corrected chi connectivity index (χ1v) is 6.29. The summed E-state index contributed by atoms with van der Waals surface area (Å²) in [7, 11) is 0. The Morgan fingerprint density at radius 1 is 1.29 bits per heavy atom. The molecule has 2 fully saturated rings. The zero-order valence-corrected chi connectivity index (χ0v) is 9.82. The lowest BCUT2D eigenvalue weighted by Crippen LogP contribution is -2.44. The molecular formula is C12H17FN4. The molecule has 5 heteroatoms. The second-order valence-corrected chi connectivity index (χ2v) is 4.84. The van der Waals surface area contributed by atoms with Crippen LogP contribution < -0.4 is 10.2 Å². The average Bonchev–Trinajstić information content (AvgIpc) is 3.17. The molecule has 0 unspecified atom stereocenters. The molecule has 92 valence electrons. The Bertz CT molecular complexity index is 399. The van der Waals surface area contributed by atoms with E-state index in [0.717, 1.165) is 32.6 Å². The minimum absolute atomic E-state index is 0.207. The van der Waals surface area contributed by atoms with Crippen molar-refractivity contribution in [2.45, 2.75) is 19.3 Å². The monoisotopic (exact) mass is 236 g/mol. The predicted octanol–water partition coefficient (Wildman–Crippen LogP) is 0.978. The number of halogens is 1. The van der Waals surface area contributed by atoms with Crippen LogP contribution in [0.4, 0.5) is 10.2 Å². The molecule has 0 spiro atoms. The van der Waals surface area contributed by atoms with E-state index >= 15 is 0 Å². The number of nitrogens with zero attached hydrogens (tertiary/aromatic N) is 3. The van der Waals surface area contributed by atoms with Crippen LogP contribution in [0.25, 0.3) is 0 Å². The average molecular weight is 236 g/mol. The molecule has 1 aromatic heterocycles. The van der Waals surface area contributed by atoms with E-state index in [-0.39, 0.29) is 5.82 Å². The van der Waals surface area contributed by atoms with Crippen LogP contribution in [0, 0.1) is 11.7 Å². The van der Waals surface area contributed by atoms with Gasteiger partial charge in [0.25, 0.3) is 0 Å². The summed E-state index contributed by atoms with van der Waals surface area (Å²) in [4.78, 5) is 10.2. The normalized spacial score (nSPS) is 20.6. The molecule has 3 rings (SSSR count). The van der Waals surface area contributed by atoms with Crippen molar-refractivity contribution in [1.29, 1.82) is 0 Å². The molecule has 0 bridgehead atoms. The quantitative estimate of drug-likeness (QED) is 0.849. The minimum Gasteiger partial charge on any atom is -0.352 e. The van der Waals surface area contributed by atoms with Crippen molar-refractivity contribution in [2.75, 3.05) is 31.1 Å². The SMILES string of the molecule is Fc1c(CC2CC2)ncnc1N1CCNCC1. The van der Waals surface area contributed by atoms with Crippen molar-refractivity contribution in [3.05, 3.63) is 17.8 Å². The molecule has 1 saturated carbocycles. The Balaban J connectivity index is 1.82. The number of hydrogen-bond donors (Lipinski definition) is 1. The third-order valence-corrected chi connectivity index (χ3v) is 3.44. The zero-order chi connectivity index (χ0) is 11.7. The van der Waals surface area contributed by atoms with Crippen molar-refractivity contribution in [2.24, 2.45) is 5.92 Å². The largest absolute Gasteiger partial charge is 0.352 e. The molecule has 4 nitrogen and oxygen atoms in total. The molecule has 1 N–H and O–H groups in total. The topological polar surface area (TPSA) is 41.1 Å². The van der Waals surface area contributed by atoms with Crippen molar-refractivity contribution in [3.8, 4) is 0 Å². The van der Waals surface area contributed by atoms with Gasteiger partial charge < -0.3 is 10.2 Å².